The highest BCUT2D eigenvalue weighted by Crippen LogP contribution is 2.63. The van der Waals surface area contributed by atoms with Crippen LogP contribution in [0.2, 0.25) is 0 Å². The number of benzene rings is 7. The molecule has 2 aromatic heterocycles. The molecule has 55 heavy (non-hydrogen) atoms. The molecule has 7 aromatic carbocycles. The number of fused-ring (bicyclic) bond motifs is 12. The first-order valence-electron chi connectivity index (χ1n) is 19.4. The molecule has 11 rings (SSSR count). The van der Waals surface area contributed by atoms with Crippen molar-refractivity contribution in [3.05, 3.63) is 192 Å². The normalized spacial score (nSPS) is 14.5. The highest BCUT2D eigenvalue weighted by Gasteiger charge is 2.48. The smallest absolute Gasteiger partial charge is 0.0715 e. The monoisotopic (exact) mass is 704 g/mol. The van der Waals surface area contributed by atoms with E-state index in [1.165, 1.54) is 66.3 Å². The maximum atomic E-state index is 5.14. The molecule has 0 radical (unpaired) electrons. The Morgan fingerprint density at radius 3 is 1.53 bits per heavy atom. The Morgan fingerprint density at radius 1 is 0.436 bits per heavy atom. The van der Waals surface area contributed by atoms with Crippen molar-refractivity contribution < 1.29 is 0 Å². The molecule has 2 heteroatoms. The van der Waals surface area contributed by atoms with Crippen molar-refractivity contribution in [1.29, 1.82) is 0 Å². The van der Waals surface area contributed by atoms with Crippen LogP contribution >= 0.6 is 0 Å². The molecular weight excluding hydrogens is 665 g/mol. The van der Waals surface area contributed by atoms with Crippen molar-refractivity contribution in [3.8, 4) is 61.6 Å². The largest absolute Gasteiger partial charge is 0.309 e. The van der Waals surface area contributed by atoms with Gasteiger partial charge in [0, 0.05) is 44.0 Å². The lowest BCUT2D eigenvalue weighted by Gasteiger charge is -2.31. The molecule has 2 aliphatic rings. The zero-order valence-corrected chi connectivity index (χ0v) is 31.6. The van der Waals surface area contributed by atoms with Crippen LogP contribution in [0, 0.1) is 0 Å². The van der Waals surface area contributed by atoms with Gasteiger partial charge in [0.25, 0.3) is 0 Å². The lowest BCUT2D eigenvalue weighted by Crippen LogP contribution is -2.24. The predicted molar refractivity (Wildman–Crippen MR) is 230 cm³/mol. The third-order valence-corrected chi connectivity index (χ3v) is 12.5. The minimum absolute atomic E-state index is 0.143. The molecule has 0 unspecified atom stereocenters. The fourth-order valence-electron chi connectivity index (χ4n) is 10.0. The maximum Gasteiger partial charge on any atom is 0.0715 e. The van der Waals surface area contributed by atoms with E-state index in [1.807, 2.05) is 0 Å². The molecule has 0 fully saturated rings. The van der Waals surface area contributed by atoms with Crippen molar-refractivity contribution in [2.75, 3.05) is 0 Å². The first kappa shape index (κ1) is 32.0. The highest BCUT2D eigenvalue weighted by atomic mass is 15.0. The van der Waals surface area contributed by atoms with Crippen LogP contribution in [-0.4, -0.2) is 9.55 Å². The summed E-state index contributed by atoms with van der Waals surface area (Å²) in [6.45, 7) is 9.75. The van der Waals surface area contributed by atoms with E-state index in [1.54, 1.807) is 0 Å². The molecule has 2 nitrogen and oxygen atoms in total. The summed E-state index contributed by atoms with van der Waals surface area (Å²) in [6.07, 6.45) is 0. The fraction of sp³-hybridized carbons (Fsp3) is 0.113. The molecule has 0 bridgehead atoms. The van der Waals surface area contributed by atoms with Crippen molar-refractivity contribution in [1.82, 2.24) is 9.55 Å². The first-order valence-corrected chi connectivity index (χ1v) is 19.4. The minimum atomic E-state index is -0.164. The Morgan fingerprint density at radius 2 is 0.927 bits per heavy atom. The second kappa shape index (κ2) is 11.5. The predicted octanol–water partition coefficient (Wildman–Crippen LogP) is 13.8. The van der Waals surface area contributed by atoms with Crippen LogP contribution in [0.15, 0.2) is 170 Å². The minimum Gasteiger partial charge on any atom is -0.309 e. The van der Waals surface area contributed by atoms with Gasteiger partial charge in [0.2, 0.25) is 0 Å². The molecular formula is C53H40N2. The van der Waals surface area contributed by atoms with E-state index in [9.17, 15) is 0 Å². The summed E-state index contributed by atoms with van der Waals surface area (Å²) >= 11 is 0. The van der Waals surface area contributed by atoms with Crippen LogP contribution < -0.4 is 0 Å². The second-order valence-corrected chi connectivity index (χ2v) is 16.3. The first-order chi connectivity index (χ1) is 26.8. The van der Waals surface area contributed by atoms with Gasteiger partial charge in [0.1, 0.15) is 0 Å². The maximum absolute atomic E-state index is 5.14. The molecule has 0 spiro atoms. The van der Waals surface area contributed by atoms with Gasteiger partial charge >= 0.3 is 0 Å². The van der Waals surface area contributed by atoms with Gasteiger partial charge in [-0.25, -0.2) is 4.98 Å². The van der Waals surface area contributed by atoms with Crippen LogP contribution in [0.3, 0.4) is 0 Å². The molecule has 2 aliphatic carbocycles. The zero-order valence-electron chi connectivity index (χ0n) is 31.6. The molecule has 0 saturated heterocycles. The third-order valence-electron chi connectivity index (χ3n) is 12.5. The van der Waals surface area contributed by atoms with Crippen LogP contribution in [0.5, 0.6) is 0 Å². The number of pyridine rings is 1. The molecule has 9 aromatic rings. The highest BCUT2D eigenvalue weighted by molar-refractivity contribution is 6.23. The van der Waals surface area contributed by atoms with Gasteiger partial charge in [-0.2, -0.15) is 0 Å². The Kier molecular flexibility index (Phi) is 6.68. The van der Waals surface area contributed by atoms with Gasteiger partial charge < -0.3 is 4.57 Å². The van der Waals surface area contributed by atoms with Gasteiger partial charge in [-0.1, -0.05) is 167 Å². The van der Waals surface area contributed by atoms with E-state index in [0.717, 1.165) is 39.3 Å². The average Bonchev–Trinajstić information content (AvgIpc) is 3.78. The number of hydrogen-bond donors (Lipinski definition) is 0. The molecule has 0 N–H and O–H groups in total. The quantitative estimate of drug-likeness (QED) is 0.178. The van der Waals surface area contributed by atoms with Crippen molar-refractivity contribution in [2.24, 2.45) is 0 Å². The summed E-state index contributed by atoms with van der Waals surface area (Å²) in [5, 5.41) is 2.65. The summed E-state index contributed by atoms with van der Waals surface area (Å²) in [5.74, 6) is 0. The number of para-hydroxylation sites is 1. The standard InChI is InChI=1S/C53H40N2/c1-52(2)41-24-14-11-21-38(41)46-47-40-23-13-16-26-45(40)55(51(47)48-39-22-12-15-25-42(39)53(3,4)50(48)49(46)52)37-29-27-33(28-30-37)36-31-43(34-17-7-5-8-18-34)54-44(32-36)35-19-9-6-10-20-35/h5-32H,1-4H3. The Bertz CT molecular complexity index is 2940. The summed E-state index contributed by atoms with van der Waals surface area (Å²) in [4.78, 5) is 5.14. The Hall–Kier alpha value is -6.51. The van der Waals surface area contributed by atoms with Crippen LogP contribution in [0.4, 0.5) is 0 Å². The molecule has 0 amide bonds. The van der Waals surface area contributed by atoms with E-state index in [4.69, 9.17) is 4.98 Å². The second-order valence-electron chi connectivity index (χ2n) is 16.3. The number of nitrogens with zero attached hydrogens (tertiary/aromatic N) is 2. The van der Waals surface area contributed by atoms with Gasteiger partial charge in [0.15, 0.2) is 0 Å². The summed E-state index contributed by atoms with van der Waals surface area (Å²) in [5.41, 5.74) is 21.1. The van der Waals surface area contributed by atoms with Gasteiger partial charge in [-0.15, -0.1) is 0 Å². The lowest BCUT2D eigenvalue weighted by molar-refractivity contribution is 0.602. The van der Waals surface area contributed by atoms with Gasteiger partial charge in [0.05, 0.1) is 22.4 Å². The molecule has 0 saturated carbocycles. The average molecular weight is 705 g/mol. The van der Waals surface area contributed by atoms with Gasteiger partial charge in [-0.3, -0.25) is 0 Å². The van der Waals surface area contributed by atoms with Crippen LogP contribution in [0.1, 0.15) is 49.9 Å². The molecule has 262 valence electrons. The van der Waals surface area contributed by atoms with Crippen LogP contribution in [-0.2, 0) is 10.8 Å². The van der Waals surface area contributed by atoms with Crippen molar-refractivity contribution >= 4 is 21.8 Å². The number of hydrogen-bond acceptors (Lipinski definition) is 1. The number of rotatable bonds is 4. The SMILES string of the molecule is CC1(C)c2ccccc2-c2c1c1c(c3c2c2ccccc2n3-c2ccc(-c3cc(-c4ccccc4)nc(-c4ccccc4)c3)cc2)-c2ccccc2C1(C)C. The molecule has 0 atom stereocenters. The Balaban J connectivity index is 1.19. The molecule has 0 aliphatic heterocycles. The van der Waals surface area contributed by atoms with Crippen molar-refractivity contribution in [3.63, 3.8) is 0 Å². The zero-order chi connectivity index (χ0) is 37.1. The summed E-state index contributed by atoms with van der Waals surface area (Å²) < 4.78 is 2.55. The topological polar surface area (TPSA) is 17.8 Å². The van der Waals surface area contributed by atoms with Crippen LogP contribution in [0.25, 0.3) is 83.4 Å². The van der Waals surface area contributed by atoms with Crippen molar-refractivity contribution in [2.45, 2.75) is 38.5 Å². The summed E-state index contributed by atoms with van der Waals surface area (Å²) in [7, 11) is 0. The fourth-order valence-corrected chi connectivity index (χ4v) is 10.0. The summed E-state index contributed by atoms with van der Waals surface area (Å²) in [6, 6.07) is 62.0. The van der Waals surface area contributed by atoms with E-state index in [-0.39, 0.29) is 10.8 Å². The number of aromatic nitrogens is 2. The molecule has 2 heterocycles. The Labute approximate surface area is 322 Å². The van der Waals surface area contributed by atoms with Gasteiger partial charge in [-0.05, 0) is 80.4 Å². The van der Waals surface area contributed by atoms with E-state index in [2.05, 4.69) is 202 Å². The van der Waals surface area contributed by atoms with E-state index >= 15 is 0 Å². The van der Waals surface area contributed by atoms with E-state index < -0.39 is 0 Å². The lowest BCUT2D eigenvalue weighted by atomic mass is 9.72. The van der Waals surface area contributed by atoms with E-state index in [0.29, 0.717) is 0 Å². The third kappa shape index (κ3) is 4.46.